The van der Waals surface area contributed by atoms with E-state index in [1.54, 1.807) is 25.6 Å². The van der Waals surface area contributed by atoms with Crippen molar-refractivity contribution < 1.29 is 19.0 Å². The molecule has 4 heterocycles. The summed E-state index contributed by atoms with van der Waals surface area (Å²) in [5, 5.41) is 6.90. The quantitative estimate of drug-likeness (QED) is 0.551. The fourth-order valence-corrected chi connectivity index (χ4v) is 4.48. The Morgan fingerprint density at radius 1 is 1.25 bits per heavy atom. The molecule has 1 atom stereocenters. The molecule has 32 heavy (non-hydrogen) atoms. The molecule has 8 nitrogen and oxygen atoms in total. The van der Waals surface area contributed by atoms with E-state index in [-0.39, 0.29) is 11.8 Å². The third kappa shape index (κ3) is 3.65. The fourth-order valence-electron chi connectivity index (χ4n) is 4.23. The molecule has 0 radical (unpaired) electrons. The minimum absolute atomic E-state index is 0.101. The molecular weight excluding hydrogens is 432 g/mol. The highest BCUT2D eigenvalue weighted by molar-refractivity contribution is 6.32. The van der Waals surface area contributed by atoms with E-state index in [0.717, 1.165) is 23.4 Å². The molecule has 0 saturated carbocycles. The van der Waals surface area contributed by atoms with Gasteiger partial charge in [-0.1, -0.05) is 17.7 Å². The summed E-state index contributed by atoms with van der Waals surface area (Å²) < 4.78 is 17.2. The molecule has 0 aliphatic carbocycles. The Morgan fingerprint density at radius 3 is 3.03 bits per heavy atom. The van der Waals surface area contributed by atoms with Crippen molar-refractivity contribution in [2.45, 2.75) is 12.3 Å². The third-order valence-electron chi connectivity index (χ3n) is 5.75. The first-order valence-electron chi connectivity index (χ1n) is 10.5. The van der Waals surface area contributed by atoms with Gasteiger partial charge in [-0.05, 0) is 24.6 Å². The summed E-state index contributed by atoms with van der Waals surface area (Å²) in [6.45, 7) is 2.01. The van der Waals surface area contributed by atoms with Gasteiger partial charge in [-0.15, -0.1) is 0 Å². The van der Waals surface area contributed by atoms with Crippen LogP contribution in [0.4, 0.5) is 11.4 Å². The van der Waals surface area contributed by atoms with Crippen molar-refractivity contribution in [2.75, 3.05) is 38.8 Å². The number of halogens is 1. The molecule has 0 saturated heterocycles. The van der Waals surface area contributed by atoms with Gasteiger partial charge in [0.05, 0.1) is 47.6 Å². The average Bonchev–Trinajstić information content (AvgIpc) is 3.17. The highest BCUT2D eigenvalue weighted by Gasteiger charge is 2.33. The standard InChI is InChI=1S/C23H23ClN4O4/c1-30-22-15(24)3-2-4-16(22)27-21-18-19-13(11-26-23(18)29)6-8-31-9-10-32-17-12-25-7-5-14(17)20(21)28-19/h2-5,7,12-13,27-28H,6,8-11H2,1H3,(H,26,29). The number of hydrogen-bond donors (Lipinski definition) is 3. The number of carbonyl (C=O) groups is 1. The summed E-state index contributed by atoms with van der Waals surface area (Å²) in [5.74, 6) is 1.06. The fraction of sp³-hybridized carbons (Fsp3) is 0.304. The topological polar surface area (TPSA) is 97.5 Å². The van der Waals surface area contributed by atoms with Crippen molar-refractivity contribution in [1.29, 1.82) is 0 Å². The lowest BCUT2D eigenvalue weighted by Gasteiger charge is -2.24. The highest BCUT2D eigenvalue weighted by Crippen LogP contribution is 2.44. The van der Waals surface area contributed by atoms with Gasteiger partial charge in [0.25, 0.3) is 5.91 Å². The first-order valence-corrected chi connectivity index (χ1v) is 10.8. The Kier molecular flexibility index (Phi) is 5.63. The summed E-state index contributed by atoms with van der Waals surface area (Å²) in [7, 11) is 1.56. The summed E-state index contributed by atoms with van der Waals surface area (Å²) in [5.41, 5.74) is 4.28. The molecule has 9 heteroatoms. The first-order chi connectivity index (χ1) is 15.7. The normalized spacial score (nSPS) is 17.8. The van der Waals surface area contributed by atoms with Crippen molar-refractivity contribution in [3.63, 3.8) is 0 Å². The van der Waals surface area contributed by atoms with Crippen molar-refractivity contribution >= 4 is 28.9 Å². The van der Waals surface area contributed by atoms with Crippen LogP contribution in [0.25, 0.3) is 11.3 Å². The number of H-pyrrole nitrogens is 1. The number of aromatic nitrogens is 2. The molecule has 1 aromatic carbocycles. The Balaban J connectivity index is 1.73. The number of aromatic amines is 1. The molecular formula is C23H23ClN4O4. The molecule has 166 valence electrons. The van der Waals surface area contributed by atoms with E-state index in [4.69, 9.17) is 25.8 Å². The second kappa shape index (κ2) is 8.72. The minimum Gasteiger partial charge on any atom is -0.493 e. The molecule has 2 aliphatic heterocycles. The van der Waals surface area contributed by atoms with E-state index in [1.807, 2.05) is 18.2 Å². The zero-order chi connectivity index (χ0) is 22.1. The number of rotatable bonds is 3. The molecule has 0 fully saturated rings. The van der Waals surface area contributed by atoms with Gasteiger partial charge in [0.15, 0.2) is 5.75 Å². The summed E-state index contributed by atoms with van der Waals surface area (Å²) >= 11 is 6.34. The van der Waals surface area contributed by atoms with Gasteiger partial charge >= 0.3 is 0 Å². The van der Waals surface area contributed by atoms with Gasteiger partial charge in [0.2, 0.25) is 0 Å². The lowest BCUT2D eigenvalue weighted by atomic mass is 9.93. The van der Waals surface area contributed by atoms with Crippen LogP contribution in [-0.2, 0) is 4.74 Å². The summed E-state index contributed by atoms with van der Waals surface area (Å²) in [6.07, 6.45) is 4.14. The van der Waals surface area contributed by atoms with Crippen molar-refractivity contribution in [1.82, 2.24) is 15.3 Å². The van der Waals surface area contributed by atoms with Crippen molar-refractivity contribution in [3.05, 3.63) is 52.9 Å². The second-order valence-electron chi connectivity index (χ2n) is 7.64. The zero-order valence-corrected chi connectivity index (χ0v) is 18.3. The molecule has 5 rings (SSSR count). The maximum absolute atomic E-state index is 13.0. The van der Waals surface area contributed by atoms with Gasteiger partial charge in [-0.3, -0.25) is 9.78 Å². The average molecular weight is 455 g/mol. The van der Waals surface area contributed by atoms with Gasteiger partial charge < -0.3 is 29.8 Å². The molecule has 2 aliphatic rings. The Labute approximate surface area is 190 Å². The van der Waals surface area contributed by atoms with Crippen molar-refractivity contribution in [2.24, 2.45) is 0 Å². The van der Waals surface area contributed by atoms with Crippen LogP contribution in [0, 0.1) is 0 Å². The van der Waals surface area contributed by atoms with Crippen LogP contribution < -0.4 is 20.1 Å². The van der Waals surface area contributed by atoms with E-state index >= 15 is 0 Å². The highest BCUT2D eigenvalue weighted by atomic mass is 35.5. The number of benzene rings is 1. The minimum atomic E-state index is -0.144. The van der Waals surface area contributed by atoms with Crippen LogP contribution in [0.1, 0.15) is 28.4 Å². The number of hydrogen-bond acceptors (Lipinski definition) is 6. The predicted octanol–water partition coefficient (Wildman–Crippen LogP) is 4.11. The van der Waals surface area contributed by atoms with Crippen LogP contribution in [0.5, 0.6) is 11.5 Å². The molecule has 0 spiro atoms. The number of anilines is 2. The van der Waals surface area contributed by atoms with E-state index in [1.165, 1.54) is 0 Å². The van der Waals surface area contributed by atoms with Gasteiger partial charge in [0, 0.05) is 36.5 Å². The predicted molar refractivity (Wildman–Crippen MR) is 121 cm³/mol. The number of pyridine rings is 1. The van der Waals surface area contributed by atoms with Gasteiger partial charge in [-0.2, -0.15) is 0 Å². The Bertz CT molecular complexity index is 1160. The Morgan fingerprint density at radius 2 is 2.16 bits per heavy atom. The summed E-state index contributed by atoms with van der Waals surface area (Å²) in [4.78, 5) is 20.8. The number of para-hydroxylation sites is 1. The van der Waals surface area contributed by atoms with E-state index in [2.05, 4.69) is 20.6 Å². The number of carbonyl (C=O) groups excluding carboxylic acids is 1. The lowest BCUT2D eigenvalue weighted by molar-refractivity contribution is 0.0884. The maximum Gasteiger partial charge on any atom is 0.255 e. The maximum atomic E-state index is 13.0. The van der Waals surface area contributed by atoms with E-state index in [9.17, 15) is 4.79 Å². The summed E-state index contributed by atoms with van der Waals surface area (Å²) in [6, 6.07) is 7.31. The van der Waals surface area contributed by atoms with Gasteiger partial charge in [-0.25, -0.2) is 0 Å². The molecule has 1 amide bonds. The van der Waals surface area contributed by atoms with Crippen LogP contribution in [0.15, 0.2) is 36.7 Å². The SMILES string of the molecule is COc1c(Cl)cccc1Nc1c2[nH]c3c1C(=O)NCC3CCOCCOc1cnccc1-2. The largest absolute Gasteiger partial charge is 0.493 e. The molecule has 1 unspecified atom stereocenters. The smallest absolute Gasteiger partial charge is 0.255 e. The first kappa shape index (κ1) is 20.7. The number of ether oxygens (including phenoxy) is 3. The number of fused-ring (bicyclic) bond motifs is 3. The monoisotopic (exact) mass is 454 g/mol. The van der Waals surface area contributed by atoms with E-state index in [0.29, 0.717) is 59.8 Å². The molecule has 2 bridgehead atoms. The zero-order valence-electron chi connectivity index (χ0n) is 17.5. The van der Waals surface area contributed by atoms with Crippen LogP contribution >= 0.6 is 11.6 Å². The van der Waals surface area contributed by atoms with Crippen LogP contribution in [0.3, 0.4) is 0 Å². The Hall–Kier alpha value is -3.23. The van der Waals surface area contributed by atoms with E-state index < -0.39 is 0 Å². The van der Waals surface area contributed by atoms with Crippen LogP contribution in [0.2, 0.25) is 5.02 Å². The van der Waals surface area contributed by atoms with Crippen molar-refractivity contribution in [3.8, 4) is 22.8 Å². The number of amides is 1. The number of nitrogens with one attached hydrogen (secondary N) is 3. The third-order valence-corrected chi connectivity index (χ3v) is 6.05. The number of nitrogens with zero attached hydrogens (tertiary/aromatic N) is 1. The van der Waals surface area contributed by atoms with Crippen LogP contribution in [-0.4, -0.2) is 49.4 Å². The molecule has 3 N–H and O–H groups in total. The lowest BCUT2D eigenvalue weighted by Crippen LogP contribution is -2.35. The molecule has 3 aromatic rings. The van der Waals surface area contributed by atoms with Gasteiger partial charge in [0.1, 0.15) is 12.4 Å². The molecule has 2 aromatic heterocycles. The second-order valence-corrected chi connectivity index (χ2v) is 8.04. The number of methoxy groups -OCH3 is 1.